The summed E-state index contributed by atoms with van der Waals surface area (Å²) in [5.74, 6) is -1.01. The van der Waals surface area contributed by atoms with E-state index < -0.39 is 10.8 Å². The van der Waals surface area contributed by atoms with E-state index in [1.54, 1.807) is 30.3 Å². The number of benzene rings is 3. The van der Waals surface area contributed by atoms with Crippen LogP contribution in [0.2, 0.25) is 0 Å². The van der Waals surface area contributed by atoms with Crippen molar-refractivity contribution in [1.82, 2.24) is 5.32 Å². The summed E-state index contributed by atoms with van der Waals surface area (Å²) in [5, 5.41) is 19.1. The second-order valence-corrected chi connectivity index (χ2v) is 7.00. The number of rotatable bonds is 5. The van der Waals surface area contributed by atoms with Gasteiger partial charge < -0.3 is 10.6 Å². The number of nitro groups is 1. The first-order valence-corrected chi connectivity index (χ1v) is 9.58. The number of nitro benzene ring substituents is 1. The van der Waals surface area contributed by atoms with Crippen molar-refractivity contribution in [3.8, 4) is 0 Å². The highest BCUT2D eigenvalue weighted by molar-refractivity contribution is 7.80. The predicted molar refractivity (Wildman–Crippen MR) is 122 cm³/mol. The fraction of sp³-hybridized carbons (Fsp3) is 0.0455. The van der Waals surface area contributed by atoms with Crippen LogP contribution in [0, 0.1) is 17.0 Å². The maximum atomic E-state index is 12.5. The van der Waals surface area contributed by atoms with Crippen molar-refractivity contribution < 1.29 is 14.5 Å². The lowest BCUT2D eigenvalue weighted by molar-refractivity contribution is -0.385. The number of hydrogen-bond acceptors (Lipinski definition) is 5. The minimum Gasteiger partial charge on any atom is -0.332 e. The van der Waals surface area contributed by atoms with Crippen LogP contribution in [0.3, 0.4) is 0 Å². The molecule has 0 aromatic heterocycles. The second-order valence-electron chi connectivity index (χ2n) is 6.59. The van der Waals surface area contributed by atoms with Crippen LogP contribution in [0.15, 0.2) is 72.8 Å². The van der Waals surface area contributed by atoms with Crippen molar-refractivity contribution in [2.24, 2.45) is 0 Å². The molecule has 0 fully saturated rings. The van der Waals surface area contributed by atoms with E-state index in [-0.39, 0.29) is 22.3 Å². The Morgan fingerprint density at radius 1 is 0.871 bits per heavy atom. The molecule has 0 aliphatic rings. The van der Waals surface area contributed by atoms with Gasteiger partial charge in [-0.2, -0.15) is 0 Å². The number of nitrogens with zero attached hydrogens (tertiary/aromatic N) is 1. The molecule has 2 amide bonds. The molecule has 0 aliphatic heterocycles. The van der Waals surface area contributed by atoms with Gasteiger partial charge >= 0.3 is 0 Å². The van der Waals surface area contributed by atoms with Crippen molar-refractivity contribution in [3.63, 3.8) is 0 Å². The fourth-order valence-electron chi connectivity index (χ4n) is 2.82. The van der Waals surface area contributed by atoms with Crippen LogP contribution in [0.1, 0.15) is 26.3 Å². The maximum absolute atomic E-state index is 12.5. The number of anilines is 2. The Labute approximate surface area is 183 Å². The Morgan fingerprint density at radius 3 is 2.26 bits per heavy atom. The number of thiocarbonyl (C=S) groups is 1. The number of carbonyl (C=O) groups is 2. The van der Waals surface area contributed by atoms with Crippen LogP contribution in [0.25, 0.3) is 0 Å². The van der Waals surface area contributed by atoms with Gasteiger partial charge in [0.05, 0.1) is 4.92 Å². The van der Waals surface area contributed by atoms with Gasteiger partial charge in [0.1, 0.15) is 5.56 Å². The quantitative estimate of drug-likeness (QED) is 0.314. The first-order chi connectivity index (χ1) is 14.8. The smallest absolute Gasteiger partial charge is 0.282 e. The van der Waals surface area contributed by atoms with E-state index in [0.29, 0.717) is 16.9 Å². The van der Waals surface area contributed by atoms with Crippen molar-refractivity contribution in [3.05, 3.63) is 99.6 Å². The van der Waals surface area contributed by atoms with Crippen molar-refractivity contribution >= 4 is 46.2 Å². The van der Waals surface area contributed by atoms with Crippen LogP contribution in [-0.4, -0.2) is 21.9 Å². The van der Waals surface area contributed by atoms with Gasteiger partial charge in [0.2, 0.25) is 0 Å². The molecule has 0 heterocycles. The summed E-state index contributed by atoms with van der Waals surface area (Å²) in [6.45, 7) is 1.93. The van der Waals surface area contributed by atoms with Gasteiger partial charge in [0, 0.05) is 23.0 Å². The zero-order valence-corrected chi connectivity index (χ0v) is 17.2. The number of carbonyl (C=O) groups excluding carboxylic acids is 2. The standard InChI is InChI=1S/C22H18N4O4S/c1-14-6-4-8-16(12-14)23-20(27)15-7-5-9-17(13-15)24-22(31)25-21(28)18-10-2-3-11-19(18)26(29)30/h2-13H,1H3,(H,23,27)(H2,24,25,28,31). The molecule has 0 saturated carbocycles. The summed E-state index contributed by atoms with van der Waals surface area (Å²) < 4.78 is 0. The average molecular weight is 434 g/mol. The molecule has 31 heavy (non-hydrogen) atoms. The zero-order valence-electron chi connectivity index (χ0n) is 16.4. The van der Waals surface area contributed by atoms with Gasteiger partial charge in [0.15, 0.2) is 5.11 Å². The summed E-state index contributed by atoms with van der Waals surface area (Å²) in [7, 11) is 0. The Hall–Kier alpha value is -4.11. The van der Waals surface area contributed by atoms with Gasteiger partial charge in [-0.15, -0.1) is 0 Å². The number of para-hydroxylation sites is 1. The molecule has 0 radical (unpaired) electrons. The van der Waals surface area contributed by atoms with Gasteiger partial charge in [-0.05, 0) is 61.1 Å². The van der Waals surface area contributed by atoms with Gasteiger partial charge in [0.25, 0.3) is 17.5 Å². The molecule has 9 heteroatoms. The number of hydrogen-bond donors (Lipinski definition) is 3. The third kappa shape index (κ3) is 5.71. The Kier molecular flexibility index (Phi) is 6.68. The summed E-state index contributed by atoms with van der Waals surface area (Å²) in [5.41, 5.74) is 2.13. The molecule has 0 atom stereocenters. The normalized spacial score (nSPS) is 10.1. The molecule has 0 aliphatic carbocycles. The first-order valence-electron chi connectivity index (χ1n) is 9.17. The lowest BCUT2D eigenvalue weighted by Crippen LogP contribution is -2.34. The lowest BCUT2D eigenvalue weighted by Gasteiger charge is -2.11. The minimum absolute atomic E-state index is 0.0561. The number of aryl methyl sites for hydroxylation is 1. The van der Waals surface area contributed by atoms with Crippen molar-refractivity contribution in [2.45, 2.75) is 6.92 Å². The molecule has 0 unspecified atom stereocenters. The molecule has 0 saturated heterocycles. The number of amides is 2. The van der Waals surface area contributed by atoms with E-state index in [4.69, 9.17) is 12.2 Å². The zero-order chi connectivity index (χ0) is 22.4. The van der Waals surface area contributed by atoms with Crippen molar-refractivity contribution in [2.75, 3.05) is 10.6 Å². The van der Waals surface area contributed by atoms with E-state index in [2.05, 4.69) is 16.0 Å². The van der Waals surface area contributed by atoms with E-state index in [0.717, 1.165) is 5.56 Å². The molecule has 156 valence electrons. The highest BCUT2D eigenvalue weighted by Crippen LogP contribution is 2.18. The summed E-state index contributed by atoms with van der Waals surface area (Å²) in [6.07, 6.45) is 0. The number of nitrogens with one attached hydrogen (secondary N) is 3. The Bertz CT molecular complexity index is 1180. The van der Waals surface area contributed by atoms with Crippen LogP contribution in [0.5, 0.6) is 0 Å². The monoisotopic (exact) mass is 434 g/mol. The topological polar surface area (TPSA) is 113 Å². The lowest BCUT2D eigenvalue weighted by atomic mass is 10.1. The SMILES string of the molecule is Cc1cccc(NC(=O)c2cccc(NC(=S)NC(=O)c3ccccc3[N+](=O)[O-])c2)c1. The fourth-order valence-corrected chi connectivity index (χ4v) is 3.03. The van der Waals surface area contributed by atoms with Crippen molar-refractivity contribution in [1.29, 1.82) is 0 Å². The van der Waals surface area contributed by atoms with E-state index in [1.807, 2.05) is 25.1 Å². The molecule has 8 nitrogen and oxygen atoms in total. The molecular weight excluding hydrogens is 416 g/mol. The highest BCUT2D eigenvalue weighted by Gasteiger charge is 2.20. The minimum atomic E-state index is -0.710. The van der Waals surface area contributed by atoms with Gasteiger partial charge in [-0.3, -0.25) is 25.0 Å². The molecule has 3 aromatic rings. The van der Waals surface area contributed by atoms with Crippen LogP contribution < -0.4 is 16.0 Å². The van der Waals surface area contributed by atoms with Gasteiger partial charge in [-0.1, -0.05) is 30.3 Å². The summed E-state index contributed by atoms with van der Waals surface area (Å²) in [6, 6.07) is 19.6. The molecule has 3 aromatic carbocycles. The van der Waals surface area contributed by atoms with E-state index in [9.17, 15) is 19.7 Å². The molecule has 0 spiro atoms. The second kappa shape index (κ2) is 9.59. The largest absolute Gasteiger partial charge is 0.332 e. The third-order valence-corrected chi connectivity index (χ3v) is 4.44. The Morgan fingerprint density at radius 2 is 1.55 bits per heavy atom. The van der Waals surface area contributed by atoms with Crippen LogP contribution in [0.4, 0.5) is 17.1 Å². The summed E-state index contributed by atoms with van der Waals surface area (Å²) in [4.78, 5) is 35.3. The van der Waals surface area contributed by atoms with E-state index in [1.165, 1.54) is 24.3 Å². The molecule has 3 rings (SSSR count). The predicted octanol–water partition coefficient (Wildman–Crippen LogP) is 4.28. The average Bonchev–Trinajstić information content (AvgIpc) is 2.73. The molecule has 3 N–H and O–H groups in total. The molecule has 0 bridgehead atoms. The third-order valence-electron chi connectivity index (χ3n) is 4.23. The van der Waals surface area contributed by atoms with Crippen LogP contribution in [-0.2, 0) is 0 Å². The Balaban J connectivity index is 1.66. The summed E-state index contributed by atoms with van der Waals surface area (Å²) >= 11 is 5.14. The van der Waals surface area contributed by atoms with Gasteiger partial charge in [-0.25, -0.2) is 0 Å². The first kappa shape index (κ1) is 21.6. The highest BCUT2D eigenvalue weighted by atomic mass is 32.1. The maximum Gasteiger partial charge on any atom is 0.282 e. The molecular formula is C22H18N4O4S. The van der Waals surface area contributed by atoms with E-state index >= 15 is 0 Å². The van der Waals surface area contributed by atoms with Crippen LogP contribution >= 0.6 is 12.2 Å².